The van der Waals surface area contributed by atoms with Crippen LogP contribution in [0.4, 0.5) is 0 Å². The summed E-state index contributed by atoms with van der Waals surface area (Å²) < 4.78 is 0. The monoisotopic (exact) mass is 322 g/mol. The third kappa shape index (κ3) is 3.24. The first-order chi connectivity index (χ1) is 10.9. The van der Waals surface area contributed by atoms with Crippen molar-refractivity contribution in [2.45, 2.75) is 26.2 Å². The molecule has 0 aromatic rings. The summed E-state index contributed by atoms with van der Waals surface area (Å²) in [6, 6.07) is 0. The van der Waals surface area contributed by atoms with Crippen molar-refractivity contribution in [3.8, 4) is 0 Å². The molecular weight excluding hydrogens is 292 g/mol. The highest BCUT2D eigenvalue weighted by Crippen LogP contribution is 2.39. The van der Waals surface area contributed by atoms with Gasteiger partial charge in [-0.25, -0.2) is 0 Å². The number of carbonyl (C=O) groups excluding carboxylic acids is 2. The molecule has 0 radical (unpaired) electrons. The number of amides is 2. The fourth-order valence-corrected chi connectivity index (χ4v) is 4.51. The summed E-state index contributed by atoms with van der Waals surface area (Å²) in [6.07, 6.45) is 3.10. The van der Waals surface area contributed by atoms with Crippen LogP contribution >= 0.6 is 0 Å². The molecule has 3 aliphatic rings. The van der Waals surface area contributed by atoms with Crippen molar-refractivity contribution in [2.24, 2.45) is 23.0 Å². The predicted molar refractivity (Wildman–Crippen MR) is 88.6 cm³/mol. The summed E-state index contributed by atoms with van der Waals surface area (Å²) in [6.45, 7) is 7.68. The minimum absolute atomic E-state index is 0.223. The Labute approximate surface area is 139 Å². The molecule has 3 saturated heterocycles. The second-order valence-corrected chi connectivity index (χ2v) is 7.98. The Kier molecular flexibility index (Phi) is 4.65. The van der Waals surface area contributed by atoms with E-state index in [1.165, 1.54) is 0 Å². The normalized spacial score (nSPS) is 35.3. The van der Waals surface area contributed by atoms with Gasteiger partial charge in [-0.3, -0.25) is 9.59 Å². The number of rotatable bonds is 1. The van der Waals surface area contributed by atoms with Gasteiger partial charge < -0.3 is 20.4 Å². The Morgan fingerprint density at radius 1 is 1.09 bits per heavy atom. The number of hydrogen-bond donors (Lipinski definition) is 1. The minimum Gasteiger partial charge on any atom is -0.334 e. The summed E-state index contributed by atoms with van der Waals surface area (Å²) in [5.74, 6) is 0.220. The van der Waals surface area contributed by atoms with Gasteiger partial charge in [-0.15, -0.1) is 0 Å². The van der Waals surface area contributed by atoms with Crippen LogP contribution in [0.3, 0.4) is 0 Å². The molecule has 0 saturated carbocycles. The molecule has 6 nitrogen and oxygen atoms in total. The van der Waals surface area contributed by atoms with Crippen molar-refractivity contribution in [3.05, 3.63) is 0 Å². The first kappa shape index (κ1) is 16.7. The SMILES string of the molecule is CC1CCN(C(=O)C(=O)N2CCC3(CCN(C)C3)C2)CC1CN. The first-order valence-corrected chi connectivity index (χ1v) is 8.91. The van der Waals surface area contributed by atoms with Crippen molar-refractivity contribution in [2.75, 3.05) is 52.9 Å². The minimum atomic E-state index is -0.321. The molecule has 2 amide bonds. The Hall–Kier alpha value is -1.14. The molecule has 3 heterocycles. The molecule has 130 valence electrons. The molecule has 3 fully saturated rings. The standard InChI is InChI=1S/C17H30N4O2/c1-13-3-6-20(10-14(13)9-18)15(22)16(23)21-8-5-17(12-21)4-7-19(2)11-17/h13-14H,3-12,18H2,1-2H3. The van der Waals surface area contributed by atoms with Gasteiger partial charge in [0.15, 0.2) is 0 Å². The molecule has 3 unspecified atom stereocenters. The van der Waals surface area contributed by atoms with Gasteiger partial charge in [-0.05, 0) is 51.2 Å². The van der Waals surface area contributed by atoms with E-state index in [1.807, 2.05) is 0 Å². The molecule has 0 aromatic heterocycles. The fourth-order valence-electron chi connectivity index (χ4n) is 4.51. The third-order valence-electron chi connectivity index (χ3n) is 6.24. The lowest BCUT2D eigenvalue weighted by molar-refractivity contribution is -0.152. The zero-order valence-corrected chi connectivity index (χ0v) is 14.5. The van der Waals surface area contributed by atoms with E-state index in [4.69, 9.17) is 5.73 Å². The zero-order valence-electron chi connectivity index (χ0n) is 14.5. The van der Waals surface area contributed by atoms with E-state index in [0.29, 0.717) is 31.5 Å². The lowest BCUT2D eigenvalue weighted by Crippen LogP contribution is -2.51. The van der Waals surface area contributed by atoms with Crippen LogP contribution in [0.1, 0.15) is 26.2 Å². The molecule has 2 N–H and O–H groups in total. The van der Waals surface area contributed by atoms with E-state index in [-0.39, 0.29) is 17.2 Å². The van der Waals surface area contributed by atoms with Gasteiger partial charge >= 0.3 is 11.8 Å². The number of nitrogens with two attached hydrogens (primary N) is 1. The summed E-state index contributed by atoms with van der Waals surface area (Å²) in [4.78, 5) is 31.1. The maximum atomic E-state index is 12.6. The van der Waals surface area contributed by atoms with Crippen LogP contribution in [0.15, 0.2) is 0 Å². The Morgan fingerprint density at radius 3 is 2.43 bits per heavy atom. The molecule has 0 aliphatic carbocycles. The van der Waals surface area contributed by atoms with Gasteiger partial charge in [-0.1, -0.05) is 6.92 Å². The summed E-state index contributed by atoms with van der Waals surface area (Å²) in [5.41, 5.74) is 6.03. The fraction of sp³-hybridized carbons (Fsp3) is 0.882. The van der Waals surface area contributed by atoms with E-state index in [1.54, 1.807) is 9.80 Å². The van der Waals surface area contributed by atoms with Crippen LogP contribution in [0.5, 0.6) is 0 Å². The lowest BCUT2D eigenvalue weighted by atomic mass is 9.86. The predicted octanol–water partition coefficient (Wildman–Crippen LogP) is -0.0161. The maximum Gasteiger partial charge on any atom is 0.312 e. The molecule has 23 heavy (non-hydrogen) atoms. The van der Waals surface area contributed by atoms with Crippen molar-refractivity contribution in [1.29, 1.82) is 0 Å². The van der Waals surface area contributed by atoms with Crippen LogP contribution in [0.25, 0.3) is 0 Å². The average Bonchev–Trinajstić information content (AvgIpc) is 3.13. The summed E-state index contributed by atoms with van der Waals surface area (Å²) >= 11 is 0. The zero-order chi connectivity index (χ0) is 16.6. The quantitative estimate of drug-likeness (QED) is 0.689. The highest BCUT2D eigenvalue weighted by Gasteiger charge is 2.45. The molecule has 6 heteroatoms. The Bertz CT molecular complexity index is 483. The van der Waals surface area contributed by atoms with Gasteiger partial charge in [0.2, 0.25) is 0 Å². The Morgan fingerprint density at radius 2 is 1.78 bits per heavy atom. The number of likely N-dealkylation sites (tertiary alicyclic amines) is 3. The van der Waals surface area contributed by atoms with Gasteiger partial charge in [0, 0.05) is 38.1 Å². The van der Waals surface area contributed by atoms with E-state index in [9.17, 15) is 9.59 Å². The molecule has 3 atom stereocenters. The Balaban J connectivity index is 1.59. The van der Waals surface area contributed by atoms with Gasteiger partial charge in [0.25, 0.3) is 0 Å². The van der Waals surface area contributed by atoms with E-state index in [0.717, 1.165) is 45.4 Å². The largest absolute Gasteiger partial charge is 0.334 e. The number of nitrogens with zero attached hydrogens (tertiary/aromatic N) is 3. The third-order valence-corrected chi connectivity index (χ3v) is 6.24. The smallest absolute Gasteiger partial charge is 0.312 e. The average molecular weight is 322 g/mol. The van der Waals surface area contributed by atoms with Crippen LogP contribution < -0.4 is 5.73 Å². The van der Waals surface area contributed by atoms with Crippen molar-refractivity contribution in [3.63, 3.8) is 0 Å². The second-order valence-electron chi connectivity index (χ2n) is 7.98. The van der Waals surface area contributed by atoms with E-state index >= 15 is 0 Å². The van der Waals surface area contributed by atoms with Crippen LogP contribution in [0.2, 0.25) is 0 Å². The molecule has 0 aromatic carbocycles. The lowest BCUT2D eigenvalue weighted by Gasteiger charge is -2.36. The van der Waals surface area contributed by atoms with E-state index < -0.39 is 0 Å². The van der Waals surface area contributed by atoms with Crippen LogP contribution in [0, 0.1) is 17.3 Å². The molecule has 3 rings (SSSR count). The van der Waals surface area contributed by atoms with Gasteiger partial charge in [0.05, 0.1) is 0 Å². The summed E-state index contributed by atoms with van der Waals surface area (Å²) in [7, 11) is 2.13. The van der Waals surface area contributed by atoms with Crippen LogP contribution in [-0.2, 0) is 9.59 Å². The first-order valence-electron chi connectivity index (χ1n) is 8.91. The molecule has 0 bridgehead atoms. The van der Waals surface area contributed by atoms with Gasteiger partial charge in [0.1, 0.15) is 0 Å². The van der Waals surface area contributed by atoms with Crippen molar-refractivity contribution < 1.29 is 9.59 Å². The number of hydrogen-bond acceptors (Lipinski definition) is 4. The molecule has 1 spiro atoms. The van der Waals surface area contributed by atoms with Crippen molar-refractivity contribution >= 4 is 11.8 Å². The van der Waals surface area contributed by atoms with Crippen LogP contribution in [-0.4, -0.2) is 79.4 Å². The van der Waals surface area contributed by atoms with Crippen molar-refractivity contribution in [1.82, 2.24) is 14.7 Å². The number of piperidine rings is 1. The highest BCUT2D eigenvalue weighted by atomic mass is 16.2. The van der Waals surface area contributed by atoms with E-state index in [2.05, 4.69) is 18.9 Å². The number of carbonyl (C=O) groups is 2. The topological polar surface area (TPSA) is 69.9 Å². The molecule has 3 aliphatic heterocycles. The second kappa shape index (κ2) is 6.40. The highest BCUT2D eigenvalue weighted by molar-refractivity contribution is 6.35. The van der Waals surface area contributed by atoms with Gasteiger partial charge in [-0.2, -0.15) is 0 Å². The molecular formula is C17H30N4O2. The summed E-state index contributed by atoms with van der Waals surface area (Å²) in [5, 5.41) is 0. The maximum absolute atomic E-state index is 12.6.